The minimum absolute atomic E-state index is 0.000686. The number of nitrogens with one attached hydrogen (secondary N) is 1. The van der Waals surface area contributed by atoms with Gasteiger partial charge in [-0.1, -0.05) is 48.0 Å². The Labute approximate surface area is 200 Å². The van der Waals surface area contributed by atoms with Crippen molar-refractivity contribution < 1.29 is 9.59 Å². The van der Waals surface area contributed by atoms with Crippen LogP contribution in [-0.4, -0.2) is 39.9 Å². The first-order valence-corrected chi connectivity index (χ1v) is 11.5. The summed E-state index contributed by atoms with van der Waals surface area (Å²) in [6.07, 6.45) is 0.743. The summed E-state index contributed by atoms with van der Waals surface area (Å²) < 4.78 is 2.10. The summed E-state index contributed by atoms with van der Waals surface area (Å²) in [6, 6.07) is 22.1. The molecule has 0 aliphatic heterocycles. The molecule has 0 spiro atoms. The molecular weight excluding hydrogens is 424 g/mol. The van der Waals surface area contributed by atoms with Gasteiger partial charge in [-0.25, -0.2) is 4.98 Å². The lowest BCUT2D eigenvalue weighted by atomic mass is 10.1. The molecule has 0 aliphatic rings. The van der Waals surface area contributed by atoms with Crippen LogP contribution < -0.4 is 5.32 Å². The van der Waals surface area contributed by atoms with E-state index in [0.717, 1.165) is 44.9 Å². The minimum Gasteiger partial charge on any atom is -0.336 e. The van der Waals surface area contributed by atoms with Crippen LogP contribution in [0.4, 0.5) is 5.69 Å². The molecule has 6 nitrogen and oxygen atoms in total. The molecule has 0 bridgehead atoms. The van der Waals surface area contributed by atoms with Crippen LogP contribution >= 0.6 is 0 Å². The van der Waals surface area contributed by atoms with Crippen molar-refractivity contribution in [2.75, 3.05) is 18.9 Å². The summed E-state index contributed by atoms with van der Waals surface area (Å²) in [5, 5.41) is 2.96. The molecule has 174 valence electrons. The molecule has 6 heteroatoms. The fourth-order valence-electron chi connectivity index (χ4n) is 4.38. The number of aryl methyl sites for hydroxylation is 4. The summed E-state index contributed by atoms with van der Waals surface area (Å²) in [5.41, 5.74) is 6.91. The maximum atomic E-state index is 12.9. The van der Waals surface area contributed by atoms with Gasteiger partial charge in [0.25, 0.3) is 0 Å². The number of hydrogen-bond donors (Lipinski definition) is 1. The number of carbonyl (C=O) groups excluding carboxylic acids is 2. The van der Waals surface area contributed by atoms with Crippen LogP contribution in [0.2, 0.25) is 0 Å². The van der Waals surface area contributed by atoms with E-state index < -0.39 is 0 Å². The molecule has 0 radical (unpaired) electrons. The van der Waals surface area contributed by atoms with E-state index in [1.807, 2.05) is 87.5 Å². The number of para-hydroxylation sites is 3. The Kier molecular flexibility index (Phi) is 6.77. The van der Waals surface area contributed by atoms with Crippen molar-refractivity contribution in [1.29, 1.82) is 0 Å². The molecule has 3 aromatic carbocycles. The molecule has 4 aromatic rings. The third-order valence-electron chi connectivity index (χ3n) is 5.96. The van der Waals surface area contributed by atoms with Crippen LogP contribution in [-0.2, 0) is 16.0 Å². The highest BCUT2D eigenvalue weighted by atomic mass is 16.2. The molecule has 0 fully saturated rings. The second kappa shape index (κ2) is 9.91. The number of amides is 2. The third kappa shape index (κ3) is 5.01. The lowest BCUT2D eigenvalue weighted by Crippen LogP contribution is -2.35. The summed E-state index contributed by atoms with van der Waals surface area (Å²) in [4.78, 5) is 31.7. The Morgan fingerprint density at radius 3 is 2.29 bits per heavy atom. The van der Waals surface area contributed by atoms with Crippen LogP contribution in [0.25, 0.3) is 16.7 Å². The van der Waals surface area contributed by atoms with E-state index >= 15 is 0 Å². The van der Waals surface area contributed by atoms with Crippen molar-refractivity contribution in [3.63, 3.8) is 0 Å². The lowest BCUT2D eigenvalue weighted by molar-refractivity contribution is -0.133. The topological polar surface area (TPSA) is 67.2 Å². The molecule has 0 saturated heterocycles. The molecule has 4 rings (SSSR count). The van der Waals surface area contributed by atoms with E-state index in [-0.39, 0.29) is 24.8 Å². The number of fused-ring (bicyclic) bond motifs is 1. The standard InChI is InChI=1S/C28H30N4O2/c1-19-16-20(2)28(21(3)17-19)30-26(33)18-31(4)27(34)15-14-25-29-23-12-8-9-13-24(23)32(25)22-10-6-5-7-11-22/h5-13,16-17H,14-15,18H2,1-4H3,(H,30,33). The Morgan fingerprint density at radius 1 is 0.941 bits per heavy atom. The number of nitrogens with zero attached hydrogens (tertiary/aromatic N) is 3. The molecular formula is C28H30N4O2. The number of aromatic nitrogens is 2. The maximum absolute atomic E-state index is 12.9. The Balaban J connectivity index is 1.43. The van der Waals surface area contributed by atoms with Crippen LogP contribution in [0.5, 0.6) is 0 Å². The van der Waals surface area contributed by atoms with Crippen LogP contribution in [0.3, 0.4) is 0 Å². The van der Waals surface area contributed by atoms with E-state index in [1.54, 1.807) is 7.05 Å². The first-order chi connectivity index (χ1) is 16.3. The normalized spacial score (nSPS) is 10.9. The average molecular weight is 455 g/mol. The maximum Gasteiger partial charge on any atom is 0.243 e. The van der Waals surface area contributed by atoms with E-state index in [9.17, 15) is 9.59 Å². The zero-order valence-electron chi connectivity index (χ0n) is 20.1. The largest absolute Gasteiger partial charge is 0.336 e. The van der Waals surface area contributed by atoms with Gasteiger partial charge >= 0.3 is 0 Å². The van der Waals surface area contributed by atoms with Gasteiger partial charge in [-0.2, -0.15) is 0 Å². The Bertz CT molecular complexity index is 1320. The van der Waals surface area contributed by atoms with E-state index in [0.29, 0.717) is 6.42 Å². The van der Waals surface area contributed by atoms with Crippen molar-refractivity contribution >= 4 is 28.5 Å². The smallest absolute Gasteiger partial charge is 0.243 e. The third-order valence-corrected chi connectivity index (χ3v) is 5.96. The van der Waals surface area contributed by atoms with Crippen molar-refractivity contribution in [3.05, 3.63) is 89.2 Å². The first kappa shape index (κ1) is 23.2. The summed E-state index contributed by atoms with van der Waals surface area (Å²) in [5.74, 6) is 0.520. The highest BCUT2D eigenvalue weighted by Crippen LogP contribution is 2.23. The van der Waals surface area contributed by atoms with Gasteiger partial charge < -0.3 is 10.2 Å². The number of anilines is 1. The monoisotopic (exact) mass is 454 g/mol. The Morgan fingerprint density at radius 2 is 1.59 bits per heavy atom. The predicted octanol–water partition coefficient (Wildman–Crippen LogP) is 4.98. The van der Waals surface area contributed by atoms with Crippen LogP contribution in [0.15, 0.2) is 66.7 Å². The zero-order chi connectivity index (χ0) is 24.2. The predicted molar refractivity (Wildman–Crippen MR) is 136 cm³/mol. The van der Waals surface area contributed by atoms with E-state index in [1.165, 1.54) is 4.90 Å². The molecule has 34 heavy (non-hydrogen) atoms. The molecule has 0 unspecified atom stereocenters. The Hall–Kier alpha value is -3.93. The van der Waals surface area contributed by atoms with Gasteiger partial charge in [0, 0.05) is 31.3 Å². The summed E-state index contributed by atoms with van der Waals surface area (Å²) >= 11 is 0. The van der Waals surface area contributed by atoms with Gasteiger partial charge in [0.05, 0.1) is 17.6 Å². The highest BCUT2D eigenvalue weighted by Gasteiger charge is 2.18. The zero-order valence-corrected chi connectivity index (χ0v) is 20.1. The van der Waals surface area contributed by atoms with Gasteiger partial charge in [0.15, 0.2) is 0 Å². The van der Waals surface area contributed by atoms with Crippen molar-refractivity contribution in [1.82, 2.24) is 14.5 Å². The lowest BCUT2D eigenvalue weighted by Gasteiger charge is -2.18. The number of rotatable bonds is 7. The van der Waals surface area contributed by atoms with E-state index in [4.69, 9.17) is 4.98 Å². The SMILES string of the molecule is Cc1cc(C)c(NC(=O)CN(C)C(=O)CCc2nc3ccccc3n2-c2ccccc2)c(C)c1. The van der Waals surface area contributed by atoms with Gasteiger partial charge in [0.2, 0.25) is 11.8 Å². The number of benzene rings is 3. The molecule has 1 aromatic heterocycles. The van der Waals surface area contributed by atoms with Crippen molar-refractivity contribution in [2.45, 2.75) is 33.6 Å². The van der Waals surface area contributed by atoms with Crippen LogP contribution in [0, 0.1) is 20.8 Å². The minimum atomic E-state index is -0.206. The van der Waals surface area contributed by atoms with Gasteiger partial charge in [-0.3, -0.25) is 14.2 Å². The van der Waals surface area contributed by atoms with Gasteiger partial charge in [-0.05, 0) is 56.2 Å². The summed E-state index contributed by atoms with van der Waals surface area (Å²) in [6.45, 7) is 5.98. The molecule has 1 N–H and O–H groups in total. The first-order valence-electron chi connectivity index (χ1n) is 11.5. The molecule has 0 aliphatic carbocycles. The second-order valence-corrected chi connectivity index (χ2v) is 8.76. The molecule has 0 atom stereocenters. The number of hydrogen-bond acceptors (Lipinski definition) is 3. The van der Waals surface area contributed by atoms with Crippen LogP contribution in [0.1, 0.15) is 28.9 Å². The van der Waals surface area contributed by atoms with Gasteiger partial charge in [-0.15, -0.1) is 0 Å². The molecule has 0 saturated carbocycles. The van der Waals surface area contributed by atoms with Gasteiger partial charge in [0.1, 0.15) is 5.82 Å². The molecule has 1 heterocycles. The van der Waals surface area contributed by atoms with Crippen molar-refractivity contribution in [2.24, 2.45) is 0 Å². The number of imidazole rings is 1. The fourth-order valence-corrected chi connectivity index (χ4v) is 4.38. The van der Waals surface area contributed by atoms with Crippen molar-refractivity contribution in [3.8, 4) is 5.69 Å². The molecule has 2 amide bonds. The highest BCUT2D eigenvalue weighted by molar-refractivity contribution is 5.95. The van der Waals surface area contributed by atoms with E-state index in [2.05, 4.69) is 9.88 Å². The number of carbonyl (C=O) groups is 2. The second-order valence-electron chi connectivity index (χ2n) is 8.76. The summed E-state index contributed by atoms with van der Waals surface area (Å²) in [7, 11) is 1.66. The fraction of sp³-hybridized carbons (Fsp3) is 0.250. The number of likely N-dealkylation sites (N-methyl/N-ethyl adjacent to an activating group) is 1. The quantitative estimate of drug-likeness (QED) is 0.428. The average Bonchev–Trinajstić information content (AvgIpc) is 3.18.